The van der Waals surface area contributed by atoms with Crippen LogP contribution in [0.5, 0.6) is 0 Å². The van der Waals surface area contributed by atoms with Gasteiger partial charge in [0.05, 0.1) is 11.4 Å². The molecule has 1 unspecified atom stereocenters. The van der Waals surface area contributed by atoms with Crippen molar-refractivity contribution >= 4 is 15.8 Å². The quantitative estimate of drug-likeness (QED) is 0.674. The Morgan fingerprint density at radius 3 is 2.28 bits per heavy atom. The van der Waals surface area contributed by atoms with E-state index in [0.29, 0.717) is 13.0 Å². The Bertz CT molecular complexity index is 362. The molecule has 0 aliphatic rings. The van der Waals surface area contributed by atoms with Crippen LogP contribution < -0.4 is 5.32 Å². The molecule has 0 radical (unpaired) electrons. The Hall–Kier alpha value is -0.620. The smallest absolute Gasteiger partial charge is 0.323 e. The van der Waals surface area contributed by atoms with E-state index in [0.717, 1.165) is 6.42 Å². The van der Waals surface area contributed by atoms with E-state index in [4.69, 9.17) is 4.74 Å². The zero-order chi connectivity index (χ0) is 14.4. The van der Waals surface area contributed by atoms with Gasteiger partial charge in [0, 0.05) is 12.8 Å². The number of carbonyl (C=O) groups excluding carboxylic acids is 1. The molecule has 0 aliphatic carbocycles. The van der Waals surface area contributed by atoms with Gasteiger partial charge in [-0.15, -0.1) is 0 Å². The summed E-state index contributed by atoms with van der Waals surface area (Å²) < 4.78 is 27.2. The lowest BCUT2D eigenvalue weighted by Crippen LogP contribution is -2.48. The van der Waals surface area contributed by atoms with Gasteiger partial charge in [-0.05, 0) is 27.2 Å². The molecule has 0 aromatic rings. The summed E-state index contributed by atoms with van der Waals surface area (Å²) in [5.74, 6) is -0.316. The van der Waals surface area contributed by atoms with Crippen LogP contribution in [0.2, 0.25) is 0 Å². The molecule has 1 atom stereocenters. The molecular weight excluding hydrogens is 254 g/mol. The van der Waals surface area contributed by atoms with E-state index in [1.54, 1.807) is 20.8 Å². The maximum absolute atomic E-state index is 11.7. The van der Waals surface area contributed by atoms with Crippen LogP contribution in [0.3, 0.4) is 0 Å². The van der Waals surface area contributed by atoms with E-state index < -0.39 is 20.6 Å². The molecule has 108 valence electrons. The molecule has 0 aliphatic heterocycles. The average molecular weight is 279 g/mol. The lowest BCUT2D eigenvalue weighted by atomic mass is 10.1. The largest absolute Gasteiger partial charge is 0.465 e. The van der Waals surface area contributed by atoms with Crippen LogP contribution >= 0.6 is 0 Å². The third kappa shape index (κ3) is 5.35. The molecule has 6 heteroatoms. The molecular formula is C12H25NO4S. The molecule has 18 heavy (non-hydrogen) atoms. The van der Waals surface area contributed by atoms with Gasteiger partial charge in [-0.25, -0.2) is 8.42 Å². The molecule has 0 spiro atoms. The normalized spacial score (nSPS) is 14.3. The SMILES string of the molecule is CCCC(NCC(C)(C)S(C)(=O)=O)C(=O)OCC. The van der Waals surface area contributed by atoms with Gasteiger partial charge in [0.25, 0.3) is 0 Å². The van der Waals surface area contributed by atoms with Crippen LogP contribution in [0.15, 0.2) is 0 Å². The molecule has 0 heterocycles. The number of rotatable bonds is 8. The summed E-state index contributed by atoms with van der Waals surface area (Å²) in [7, 11) is -3.17. The summed E-state index contributed by atoms with van der Waals surface area (Å²) in [6.45, 7) is 7.56. The maximum atomic E-state index is 11.7. The van der Waals surface area contributed by atoms with Gasteiger partial charge in [-0.3, -0.25) is 4.79 Å². The van der Waals surface area contributed by atoms with Gasteiger partial charge >= 0.3 is 5.97 Å². The molecule has 0 fully saturated rings. The highest BCUT2D eigenvalue weighted by atomic mass is 32.2. The van der Waals surface area contributed by atoms with Gasteiger partial charge in [-0.2, -0.15) is 0 Å². The first kappa shape index (κ1) is 17.4. The third-order valence-electron chi connectivity index (χ3n) is 2.93. The van der Waals surface area contributed by atoms with Gasteiger partial charge in [0.2, 0.25) is 0 Å². The molecule has 0 rings (SSSR count). The van der Waals surface area contributed by atoms with E-state index in [9.17, 15) is 13.2 Å². The number of hydrogen-bond donors (Lipinski definition) is 1. The van der Waals surface area contributed by atoms with Crippen molar-refractivity contribution in [2.24, 2.45) is 0 Å². The molecule has 0 aromatic heterocycles. The fourth-order valence-electron chi connectivity index (χ4n) is 1.33. The van der Waals surface area contributed by atoms with Gasteiger partial charge in [0.1, 0.15) is 6.04 Å². The summed E-state index contributed by atoms with van der Waals surface area (Å²) in [4.78, 5) is 11.7. The second-order valence-electron chi connectivity index (χ2n) is 5.01. The van der Waals surface area contributed by atoms with E-state index in [1.165, 1.54) is 6.26 Å². The Morgan fingerprint density at radius 1 is 1.33 bits per heavy atom. The molecule has 5 nitrogen and oxygen atoms in total. The van der Waals surface area contributed by atoms with Crippen molar-refractivity contribution in [3.05, 3.63) is 0 Å². The summed E-state index contributed by atoms with van der Waals surface area (Å²) in [6.07, 6.45) is 2.67. The molecule has 0 saturated heterocycles. The van der Waals surface area contributed by atoms with Crippen molar-refractivity contribution in [1.29, 1.82) is 0 Å². The summed E-state index contributed by atoms with van der Waals surface area (Å²) in [5.41, 5.74) is 0. The number of esters is 1. The van der Waals surface area contributed by atoms with Crippen molar-refractivity contribution < 1.29 is 17.9 Å². The highest BCUT2D eigenvalue weighted by molar-refractivity contribution is 7.92. The molecule has 0 amide bonds. The highest BCUT2D eigenvalue weighted by Crippen LogP contribution is 2.14. The minimum absolute atomic E-state index is 0.231. The molecule has 1 N–H and O–H groups in total. The van der Waals surface area contributed by atoms with Gasteiger partial charge < -0.3 is 10.1 Å². The third-order valence-corrected chi connectivity index (χ3v) is 5.08. The number of carbonyl (C=O) groups is 1. The Balaban J connectivity index is 4.58. The number of ether oxygens (including phenoxy) is 1. The van der Waals surface area contributed by atoms with Crippen LogP contribution in [-0.4, -0.2) is 44.6 Å². The Kier molecular flexibility index (Phi) is 6.84. The van der Waals surface area contributed by atoms with E-state index in [1.807, 2.05) is 6.92 Å². The Labute approximate surface area is 110 Å². The van der Waals surface area contributed by atoms with Crippen LogP contribution in [0.1, 0.15) is 40.5 Å². The zero-order valence-electron chi connectivity index (χ0n) is 11.9. The van der Waals surface area contributed by atoms with Crippen LogP contribution in [0, 0.1) is 0 Å². The predicted octanol–water partition coefficient (Wildman–Crippen LogP) is 1.13. The second-order valence-corrected chi connectivity index (χ2v) is 7.66. The monoisotopic (exact) mass is 279 g/mol. The topological polar surface area (TPSA) is 72.5 Å². The fourth-order valence-corrected chi connectivity index (χ4v) is 1.68. The van der Waals surface area contributed by atoms with Crippen molar-refractivity contribution in [3.63, 3.8) is 0 Å². The maximum Gasteiger partial charge on any atom is 0.323 e. The Morgan fingerprint density at radius 2 is 1.89 bits per heavy atom. The first-order chi connectivity index (χ1) is 8.15. The van der Waals surface area contributed by atoms with Crippen molar-refractivity contribution in [2.75, 3.05) is 19.4 Å². The van der Waals surface area contributed by atoms with E-state index >= 15 is 0 Å². The molecule has 0 saturated carbocycles. The number of hydrogen-bond acceptors (Lipinski definition) is 5. The summed E-state index contributed by atoms with van der Waals surface area (Å²) >= 11 is 0. The van der Waals surface area contributed by atoms with E-state index in [-0.39, 0.29) is 12.5 Å². The zero-order valence-corrected chi connectivity index (χ0v) is 12.8. The minimum Gasteiger partial charge on any atom is -0.465 e. The second kappa shape index (κ2) is 7.09. The number of sulfone groups is 1. The molecule has 0 bridgehead atoms. The van der Waals surface area contributed by atoms with E-state index in [2.05, 4.69) is 5.32 Å². The summed E-state index contributed by atoms with van der Waals surface area (Å²) in [5, 5.41) is 3.00. The minimum atomic E-state index is -3.17. The standard InChI is InChI=1S/C12H25NO4S/c1-6-8-10(11(14)17-7-2)13-9-12(3,4)18(5,15)16/h10,13H,6-9H2,1-5H3. The van der Waals surface area contributed by atoms with Crippen LogP contribution in [-0.2, 0) is 19.4 Å². The first-order valence-corrected chi connectivity index (χ1v) is 8.14. The fraction of sp³-hybridized carbons (Fsp3) is 0.917. The van der Waals surface area contributed by atoms with Gasteiger partial charge in [-0.1, -0.05) is 13.3 Å². The summed E-state index contributed by atoms with van der Waals surface area (Å²) in [6, 6.07) is -0.434. The van der Waals surface area contributed by atoms with Gasteiger partial charge in [0.15, 0.2) is 9.84 Å². The lowest BCUT2D eigenvalue weighted by Gasteiger charge is -2.26. The van der Waals surface area contributed by atoms with Crippen molar-refractivity contribution in [3.8, 4) is 0 Å². The molecule has 0 aromatic carbocycles. The predicted molar refractivity (Wildman–Crippen MR) is 72.3 cm³/mol. The van der Waals surface area contributed by atoms with Crippen LogP contribution in [0.4, 0.5) is 0 Å². The lowest BCUT2D eigenvalue weighted by molar-refractivity contribution is -0.145. The van der Waals surface area contributed by atoms with Crippen LogP contribution in [0.25, 0.3) is 0 Å². The van der Waals surface area contributed by atoms with Crippen molar-refractivity contribution in [1.82, 2.24) is 5.32 Å². The number of nitrogens with one attached hydrogen (secondary N) is 1. The average Bonchev–Trinajstić information content (AvgIpc) is 2.22. The van der Waals surface area contributed by atoms with Crippen molar-refractivity contribution in [2.45, 2.75) is 51.3 Å². The first-order valence-electron chi connectivity index (χ1n) is 6.25. The highest BCUT2D eigenvalue weighted by Gasteiger charge is 2.31.